The second-order valence-electron chi connectivity index (χ2n) is 5.01. The molecule has 0 aromatic heterocycles. The van der Waals surface area contributed by atoms with E-state index in [4.69, 9.17) is 9.47 Å². The number of benzene rings is 2. The molecule has 0 bridgehead atoms. The number of esters is 1. The largest absolute Gasteiger partial charge is 0.497 e. The van der Waals surface area contributed by atoms with Crippen LogP contribution in [0.15, 0.2) is 48.5 Å². The molecule has 0 heterocycles. The molecule has 0 aliphatic carbocycles. The van der Waals surface area contributed by atoms with Crippen molar-refractivity contribution in [1.29, 1.82) is 0 Å². The Kier molecular flexibility index (Phi) is 6.05. The van der Waals surface area contributed by atoms with Crippen LogP contribution in [0, 0.1) is 10.1 Å². The van der Waals surface area contributed by atoms with Gasteiger partial charge in [0.25, 0.3) is 11.6 Å². The van der Waals surface area contributed by atoms with Crippen LogP contribution in [0.4, 0.5) is 5.69 Å². The van der Waals surface area contributed by atoms with Crippen LogP contribution in [0.25, 0.3) is 0 Å². The second-order valence-corrected chi connectivity index (χ2v) is 5.01. The molecule has 1 amide bonds. The van der Waals surface area contributed by atoms with Gasteiger partial charge >= 0.3 is 5.97 Å². The number of carbonyl (C=O) groups excluding carboxylic acids is 2. The minimum Gasteiger partial charge on any atom is -0.497 e. The molecule has 25 heavy (non-hydrogen) atoms. The summed E-state index contributed by atoms with van der Waals surface area (Å²) < 4.78 is 9.97. The van der Waals surface area contributed by atoms with E-state index in [1.807, 2.05) is 6.07 Å². The molecule has 0 unspecified atom stereocenters. The lowest BCUT2D eigenvalue weighted by molar-refractivity contribution is -0.384. The molecule has 0 atom stereocenters. The fourth-order valence-electron chi connectivity index (χ4n) is 1.97. The number of amides is 1. The SMILES string of the molecule is COc1cccc(CNC(=O)COC(=O)c2ccc([N+](=O)[O-])cc2)c1. The Morgan fingerprint density at radius 3 is 2.52 bits per heavy atom. The standard InChI is InChI=1S/C17H16N2O6/c1-24-15-4-2-3-12(9-15)10-18-16(20)11-25-17(21)13-5-7-14(8-6-13)19(22)23/h2-9H,10-11H2,1H3,(H,18,20). The first-order valence-electron chi connectivity index (χ1n) is 7.31. The number of nitro benzene ring substituents is 1. The van der Waals surface area contributed by atoms with Crippen molar-refractivity contribution in [3.05, 3.63) is 69.8 Å². The van der Waals surface area contributed by atoms with Crippen molar-refractivity contribution in [3.63, 3.8) is 0 Å². The predicted molar refractivity (Wildman–Crippen MR) is 88.2 cm³/mol. The minimum atomic E-state index is -0.730. The van der Waals surface area contributed by atoms with Crippen LogP contribution < -0.4 is 10.1 Å². The number of nitrogens with zero attached hydrogens (tertiary/aromatic N) is 1. The summed E-state index contributed by atoms with van der Waals surface area (Å²) in [4.78, 5) is 33.5. The highest BCUT2D eigenvalue weighted by molar-refractivity contribution is 5.91. The van der Waals surface area contributed by atoms with Crippen molar-refractivity contribution in [2.24, 2.45) is 0 Å². The first-order chi connectivity index (χ1) is 12.0. The number of hydrogen-bond acceptors (Lipinski definition) is 6. The van der Waals surface area contributed by atoms with Gasteiger partial charge in [-0.2, -0.15) is 0 Å². The van der Waals surface area contributed by atoms with E-state index in [-0.39, 0.29) is 17.8 Å². The monoisotopic (exact) mass is 344 g/mol. The van der Waals surface area contributed by atoms with Gasteiger partial charge in [-0.3, -0.25) is 14.9 Å². The third-order valence-corrected chi connectivity index (χ3v) is 3.27. The quantitative estimate of drug-likeness (QED) is 0.468. The van der Waals surface area contributed by atoms with E-state index in [0.29, 0.717) is 5.75 Å². The highest BCUT2D eigenvalue weighted by atomic mass is 16.6. The number of non-ortho nitro benzene ring substituents is 1. The summed E-state index contributed by atoms with van der Waals surface area (Å²) in [5, 5.41) is 13.2. The van der Waals surface area contributed by atoms with Gasteiger partial charge in [0.1, 0.15) is 5.75 Å². The first kappa shape index (κ1) is 17.9. The molecule has 0 radical (unpaired) electrons. The average Bonchev–Trinajstić information content (AvgIpc) is 2.64. The molecule has 0 saturated carbocycles. The topological polar surface area (TPSA) is 108 Å². The number of ether oxygens (including phenoxy) is 2. The van der Waals surface area contributed by atoms with Crippen LogP contribution in [0.1, 0.15) is 15.9 Å². The molecule has 0 fully saturated rings. The number of nitrogens with one attached hydrogen (secondary N) is 1. The number of carbonyl (C=O) groups is 2. The molecule has 0 spiro atoms. The summed E-state index contributed by atoms with van der Waals surface area (Å²) in [7, 11) is 1.55. The second kappa shape index (κ2) is 8.44. The Labute approximate surface area is 143 Å². The van der Waals surface area contributed by atoms with Crippen molar-refractivity contribution in [2.45, 2.75) is 6.54 Å². The third-order valence-electron chi connectivity index (χ3n) is 3.27. The van der Waals surface area contributed by atoms with Crippen LogP contribution in [0.5, 0.6) is 5.75 Å². The molecular weight excluding hydrogens is 328 g/mol. The molecule has 2 aromatic rings. The van der Waals surface area contributed by atoms with Crippen LogP contribution >= 0.6 is 0 Å². The van der Waals surface area contributed by atoms with Crippen LogP contribution in [-0.2, 0) is 16.1 Å². The number of rotatable bonds is 7. The van der Waals surface area contributed by atoms with Gasteiger partial charge in [0.2, 0.25) is 0 Å². The normalized spacial score (nSPS) is 9.96. The lowest BCUT2D eigenvalue weighted by Crippen LogP contribution is -2.28. The maximum absolute atomic E-state index is 11.8. The van der Waals surface area contributed by atoms with Crippen molar-refractivity contribution < 1.29 is 24.0 Å². The molecule has 8 nitrogen and oxygen atoms in total. The lowest BCUT2D eigenvalue weighted by atomic mass is 10.2. The Morgan fingerprint density at radius 1 is 1.16 bits per heavy atom. The highest BCUT2D eigenvalue weighted by Crippen LogP contribution is 2.13. The molecule has 0 aliphatic rings. The van der Waals surface area contributed by atoms with Gasteiger partial charge in [0.15, 0.2) is 6.61 Å². The van der Waals surface area contributed by atoms with E-state index in [2.05, 4.69) is 5.32 Å². The summed E-state index contributed by atoms with van der Waals surface area (Å²) in [5.74, 6) is -0.513. The van der Waals surface area contributed by atoms with Gasteiger partial charge < -0.3 is 14.8 Å². The van der Waals surface area contributed by atoms with Gasteiger partial charge in [0.05, 0.1) is 17.6 Å². The summed E-state index contributed by atoms with van der Waals surface area (Å²) in [6.07, 6.45) is 0. The fourth-order valence-corrected chi connectivity index (χ4v) is 1.97. The van der Waals surface area contributed by atoms with Crippen molar-refractivity contribution in [1.82, 2.24) is 5.32 Å². The van der Waals surface area contributed by atoms with Crippen molar-refractivity contribution >= 4 is 17.6 Å². The van der Waals surface area contributed by atoms with Gasteiger partial charge in [-0.15, -0.1) is 0 Å². The number of hydrogen-bond donors (Lipinski definition) is 1. The Morgan fingerprint density at radius 2 is 1.88 bits per heavy atom. The molecule has 0 aliphatic heterocycles. The van der Waals surface area contributed by atoms with Crippen LogP contribution in [0.3, 0.4) is 0 Å². The maximum atomic E-state index is 11.8. The predicted octanol–water partition coefficient (Wildman–Crippen LogP) is 2.08. The van der Waals surface area contributed by atoms with E-state index >= 15 is 0 Å². The van der Waals surface area contributed by atoms with E-state index < -0.39 is 23.4 Å². The molecular formula is C17H16N2O6. The maximum Gasteiger partial charge on any atom is 0.338 e. The molecule has 1 N–H and O–H groups in total. The third kappa shape index (κ3) is 5.31. The van der Waals surface area contributed by atoms with Gasteiger partial charge in [0, 0.05) is 18.7 Å². The smallest absolute Gasteiger partial charge is 0.338 e. The molecule has 130 valence electrons. The first-order valence-corrected chi connectivity index (χ1v) is 7.31. The molecule has 2 aromatic carbocycles. The fraction of sp³-hybridized carbons (Fsp3) is 0.176. The molecule has 8 heteroatoms. The van der Waals surface area contributed by atoms with E-state index in [0.717, 1.165) is 5.56 Å². The Balaban J connectivity index is 1.80. The Hall–Kier alpha value is -3.42. The Bertz CT molecular complexity index is 773. The van der Waals surface area contributed by atoms with E-state index in [1.54, 1.807) is 25.3 Å². The van der Waals surface area contributed by atoms with Gasteiger partial charge in [-0.25, -0.2) is 4.79 Å². The molecule has 0 saturated heterocycles. The van der Waals surface area contributed by atoms with Gasteiger partial charge in [-0.05, 0) is 29.8 Å². The summed E-state index contributed by atoms with van der Waals surface area (Å²) >= 11 is 0. The molecule has 2 rings (SSSR count). The lowest BCUT2D eigenvalue weighted by Gasteiger charge is -2.08. The van der Waals surface area contributed by atoms with Crippen LogP contribution in [-0.4, -0.2) is 30.5 Å². The van der Waals surface area contributed by atoms with Crippen molar-refractivity contribution in [3.8, 4) is 5.75 Å². The summed E-state index contributed by atoms with van der Waals surface area (Å²) in [5.41, 5.74) is 0.841. The number of methoxy groups -OCH3 is 1. The number of nitro groups is 1. The minimum absolute atomic E-state index is 0.131. The zero-order valence-corrected chi connectivity index (χ0v) is 13.4. The summed E-state index contributed by atoms with van der Waals surface area (Å²) in [6, 6.07) is 12.1. The van der Waals surface area contributed by atoms with E-state index in [1.165, 1.54) is 24.3 Å². The zero-order valence-electron chi connectivity index (χ0n) is 13.4. The highest BCUT2D eigenvalue weighted by Gasteiger charge is 2.12. The van der Waals surface area contributed by atoms with Crippen molar-refractivity contribution in [2.75, 3.05) is 13.7 Å². The van der Waals surface area contributed by atoms with Gasteiger partial charge in [-0.1, -0.05) is 12.1 Å². The zero-order chi connectivity index (χ0) is 18.2. The summed E-state index contributed by atoms with van der Waals surface area (Å²) in [6.45, 7) is -0.176. The average molecular weight is 344 g/mol. The van der Waals surface area contributed by atoms with Crippen LogP contribution in [0.2, 0.25) is 0 Å². The van der Waals surface area contributed by atoms with E-state index in [9.17, 15) is 19.7 Å².